The Morgan fingerprint density at radius 1 is 1.12 bits per heavy atom. The topological polar surface area (TPSA) is 40.1 Å². The van der Waals surface area contributed by atoms with Crippen molar-refractivity contribution in [1.82, 2.24) is 0 Å². The molecule has 0 amide bonds. The van der Waals surface area contributed by atoms with E-state index in [2.05, 4.69) is 0 Å². The third-order valence-corrected chi connectivity index (χ3v) is 5.20. The van der Waals surface area contributed by atoms with Crippen LogP contribution in [0.5, 0.6) is 0 Å². The molecule has 0 aliphatic heterocycles. The Kier molecular flexibility index (Phi) is 4.69. The van der Waals surface area contributed by atoms with Crippen LogP contribution >= 0.6 is 0 Å². The van der Waals surface area contributed by atoms with Crippen molar-refractivity contribution in [3.8, 4) is 0 Å². The fourth-order valence-electron chi connectivity index (χ4n) is 3.02. The van der Waals surface area contributed by atoms with Gasteiger partial charge in [0.2, 0.25) is 0 Å². The summed E-state index contributed by atoms with van der Waals surface area (Å²) in [5.41, 5.74) is 5.56. The minimum absolute atomic E-state index is 0.271. The van der Waals surface area contributed by atoms with Crippen LogP contribution in [0.2, 0.25) is 0 Å². The minimum Gasteiger partial charge on any atom is -0.612 e. The van der Waals surface area contributed by atoms with Gasteiger partial charge in [-0.15, -0.1) is 0 Å². The minimum atomic E-state index is -1.01. The van der Waals surface area contributed by atoms with Gasteiger partial charge in [0, 0.05) is 6.42 Å². The quantitative estimate of drug-likeness (QED) is 0.608. The van der Waals surface area contributed by atoms with Gasteiger partial charge >= 0.3 is 0 Å². The molecule has 1 atom stereocenters. The average molecular weight is 340 g/mol. The zero-order chi connectivity index (χ0) is 17.3. The van der Waals surface area contributed by atoms with Crippen molar-refractivity contribution in [1.29, 1.82) is 0 Å². The van der Waals surface area contributed by atoms with E-state index in [1.54, 1.807) is 12.3 Å². The molecule has 0 heterocycles. The third-order valence-electron chi connectivity index (χ3n) is 4.26. The maximum absolute atomic E-state index is 13.6. The second-order valence-corrected chi connectivity index (χ2v) is 7.13. The fourth-order valence-corrected chi connectivity index (χ4v) is 3.54. The number of fused-ring (bicyclic) bond motifs is 1. The Hall–Kier alpha value is -2.17. The van der Waals surface area contributed by atoms with Crippen LogP contribution in [0.25, 0.3) is 17.2 Å². The van der Waals surface area contributed by atoms with Crippen molar-refractivity contribution in [2.75, 3.05) is 6.26 Å². The molecule has 0 bridgehead atoms. The molecule has 3 rings (SSSR count). The maximum Gasteiger partial charge on any atom is 0.152 e. The van der Waals surface area contributed by atoms with E-state index in [0.717, 1.165) is 44.6 Å². The highest BCUT2D eigenvalue weighted by molar-refractivity contribution is 7.90. The van der Waals surface area contributed by atoms with Crippen molar-refractivity contribution >= 4 is 34.7 Å². The van der Waals surface area contributed by atoms with Gasteiger partial charge in [-0.05, 0) is 94.0 Å². The molecular weight excluding hydrogens is 323 g/mol. The molecule has 0 radical (unpaired) electrons. The molecule has 4 heteroatoms. The lowest BCUT2D eigenvalue weighted by molar-refractivity contribution is -0.107. The Labute approximate surface area is 143 Å². The lowest BCUT2D eigenvalue weighted by Gasteiger charge is -2.06. The number of hydrogen-bond donors (Lipinski definition) is 0. The summed E-state index contributed by atoms with van der Waals surface area (Å²) in [5, 5.41) is 0. The maximum atomic E-state index is 13.6. The molecule has 1 unspecified atom stereocenters. The molecule has 122 valence electrons. The van der Waals surface area contributed by atoms with Crippen LogP contribution in [0.4, 0.5) is 4.39 Å². The van der Waals surface area contributed by atoms with Crippen molar-refractivity contribution in [3.63, 3.8) is 0 Å². The van der Waals surface area contributed by atoms with Gasteiger partial charge in [-0.3, -0.25) is 0 Å². The number of halogens is 1. The van der Waals surface area contributed by atoms with E-state index in [-0.39, 0.29) is 12.2 Å². The predicted molar refractivity (Wildman–Crippen MR) is 96.3 cm³/mol. The number of rotatable bonds is 4. The molecule has 0 saturated carbocycles. The van der Waals surface area contributed by atoms with Crippen LogP contribution in [-0.2, 0) is 16.0 Å². The highest BCUT2D eigenvalue weighted by atomic mass is 32.2. The molecule has 0 N–H and O–H groups in total. The summed E-state index contributed by atoms with van der Waals surface area (Å²) in [6.07, 6.45) is 4.79. The zero-order valence-corrected chi connectivity index (χ0v) is 14.3. The molecule has 0 fully saturated rings. The van der Waals surface area contributed by atoms with Crippen LogP contribution in [0.1, 0.15) is 30.0 Å². The summed E-state index contributed by atoms with van der Waals surface area (Å²) in [7, 11) is 0. The summed E-state index contributed by atoms with van der Waals surface area (Å²) in [6.45, 7) is 1.96. The van der Waals surface area contributed by atoms with Gasteiger partial charge in [0.05, 0.1) is 0 Å². The van der Waals surface area contributed by atoms with Gasteiger partial charge in [0.15, 0.2) is 4.90 Å². The highest BCUT2D eigenvalue weighted by Gasteiger charge is 2.23. The number of hydrogen-bond acceptors (Lipinski definition) is 2. The molecule has 2 aromatic rings. The first-order valence-corrected chi connectivity index (χ1v) is 9.16. The van der Waals surface area contributed by atoms with Gasteiger partial charge in [-0.2, -0.15) is 0 Å². The SMILES string of the molecule is CC1=C(CC=O)c2cc(F)ccc2C1=Cc1ccc([S+](C)[O-])cc1. The number of aldehydes is 1. The van der Waals surface area contributed by atoms with Crippen molar-refractivity contribution in [2.24, 2.45) is 0 Å². The molecule has 2 nitrogen and oxygen atoms in total. The Morgan fingerprint density at radius 3 is 2.46 bits per heavy atom. The number of carbonyl (C=O) groups excluding carboxylic acids is 1. The number of carbonyl (C=O) groups is 1. The number of allylic oxidation sites excluding steroid dienone is 3. The monoisotopic (exact) mass is 340 g/mol. The van der Waals surface area contributed by atoms with Crippen molar-refractivity contribution in [2.45, 2.75) is 18.2 Å². The summed E-state index contributed by atoms with van der Waals surface area (Å²) in [5.74, 6) is -0.305. The Bertz CT molecular complexity index is 848. The molecule has 1 aliphatic rings. The molecule has 2 aromatic carbocycles. The molecule has 0 spiro atoms. The summed E-state index contributed by atoms with van der Waals surface area (Å²) in [4.78, 5) is 11.8. The predicted octanol–water partition coefficient (Wildman–Crippen LogP) is 4.48. The second-order valence-electron chi connectivity index (χ2n) is 5.75. The average Bonchev–Trinajstić information content (AvgIpc) is 2.81. The van der Waals surface area contributed by atoms with Crippen LogP contribution in [0, 0.1) is 5.82 Å². The third kappa shape index (κ3) is 3.07. The van der Waals surface area contributed by atoms with Gasteiger partial charge < -0.3 is 9.35 Å². The Morgan fingerprint density at radius 2 is 1.83 bits per heavy atom. The standard InChI is InChI=1S/C20H17FO2S/c1-13-17(9-10-22)20-12-15(21)5-8-18(20)19(13)11-14-3-6-16(7-4-14)24(2)23/h3-8,10-12H,9H2,1-2H3. The highest BCUT2D eigenvalue weighted by Crippen LogP contribution is 2.43. The van der Waals surface area contributed by atoms with Crippen molar-refractivity contribution in [3.05, 3.63) is 70.5 Å². The summed E-state index contributed by atoms with van der Waals surface area (Å²) >= 11 is -1.01. The molecule has 0 aromatic heterocycles. The fraction of sp³-hybridized carbons (Fsp3) is 0.150. The van der Waals surface area contributed by atoms with E-state index in [9.17, 15) is 13.7 Å². The van der Waals surface area contributed by atoms with E-state index < -0.39 is 11.2 Å². The first-order chi connectivity index (χ1) is 11.5. The zero-order valence-electron chi connectivity index (χ0n) is 13.5. The molecule has 1 aliphatic carbocycles. The van der Waals surface area contributed by atoms with Crippen LogP contribution in [0.3, 0.4) is 0 Å². The first-order valence-electron chi connectivity index (χ1n) is 7.60. The van der Waals surface area contributed by atoms with Gasteiger partial charge in [-0.25, -0.2) is 4.39 Å². The molecule has 24 heavy (non-hydrogen) atoms. The normalized spacial score (nSPS) is 16.4. The van der Waals surface area contributed by atoms with Gasteiger partial charge in [0.25, 0.3) is 0 Å². The molecule has 0 saturated heterocycles. The van der Waals surface area contributed by atoms with Crippen LogP contribution in [0.15, 0.2) is 52.9 Å². The smallest absolute Gasteiger partial charge is 0.152 e. The van der Waals surface area contributed by atoms with E-state index in [0.29, 0.717) is 0 Å². The first kappa shape index (κ1) is 16.7. The van der Waals surface area contributed by atoms with E-state index in [1.165, 1.54) is 12.1 Å². The largest absolute Gasteiger partial charge is 0.612 e. The van der Waals surface area contributed by atoms with Gasteiger partial charge in [0.1, 0.15) is 18.4 Å². The summed E-state index contributed by atoms with van der Waals surface area (Å²) in [6, 6.07) is 12.2. The summed E-state index contributed by atoms with van der Waals surface area (Å²) < 4.78 is 25.1. The van der Waals surface area contributed by atoms with E-state index >= 15 is 0 Å². The lowest BCUT2D eigenvalue weighted by Crippen LogP contribution is -1.96. The van der Waals surface area contributed by atoms with E-state index in [4.69, 9.17) is 0 Å². The van der Waals surface area contributed by atoms with Crippen LogP contribution < -0.4 is 0 Å². The number of benzene rings is 2. The van der Waals surface area contributed by atoms with Crippen molar-refractivity contribution < 1.29 is 13.7 Å². The Balaban J connectivity index is 2.08. The lowest BCUT2D eigenvalue weighted by atomic mass is 10.0. The van der Waals surface area contributed by atoms with E-state index in [1.807, 2.05) is 37.3 Å². The van der Waals surface area contributed by atoms with Gasteiger partial charge in [-0.1, -0.05) is 6.07 Å². The molecular formula is C20H17FO2S. The van der Waals surface area contributed by atoms with Crippen LogP contribution in [-0.4, -0.2) is 17.1 Å². The second kappa shape index (κ2) is 6.75.